The monoisotopic (exact) mass is 607 g/mol. The first-order valence-electron chi connectivity index (χ1n) is 12.9. The van der Waals surface area contributed by atoms with Gasteiger partial charge in [-0.1, -0.05) is 17.7 Å². The maximum atomic E-state index is 13.8. The van der Waals surface area contributed by atoms with Crippen molar-refractivity contribution in [3.8, 4) is 16.9 Å². The van der Waals surface area contributed by atoms with E-state index in [1.54, 1.807) is 6.92 Å². The average molecular weight is 608 g/mol. The third kappa shape index (κ3) is 6.68. The molecule has 3 aromatic rings. The molecule has 2 aromatic heterocycles. The second kappa shape index (κ2) is 12.4. The molecule has 2 amide bonds. The first kappa shape index (κ1) is 30.8. The number of carbonyl (C=O) groups is 2. The normalized spacial score (nSPS) is 16.1. The highest BCUT2D eigenvalue weighted by atomic mass is 35.5. The van der Waals surface area contributed by atoms with Gasteiger partial charge in [0, 0.05) is 55.2 Å². The van der Waals surface area contributed by atoms with Gasteiger partial charge >= 0.3 is 12.2 Å². The number of hydrogen-bond donors (Lipinski definition) is 3. The Labute approximate surface area is 243 Å². The Morgan fingerprint density at radius 3 is 2.60 bits per heavy atom. The molecule has 0 spiro atoms. The number of methoxy groups -OCH3 is 1. The molecule has 3 atom stereocenters. The molecule has 10 nitrogen and oxygen atoms in total. The molecule has 0 unspecified atom stereocenters. The van der Waals surface area contributed by atoms with Crippen LogP contribution in [0.2, 0.25) is 5.02 Å². The summed E-state index contributed by atoms with van der Waals surface area (Å²) in [6.45, 7) is 1.00. The van der Waals surface area contributed by atoms with Crippen molar-refractivity contribution in [2.24, 2.45) is 5.92 Å². The summed E-state index contributed by atoms with van der Waals surface area (Å²) >= 11 is 6.17. The lowest BCUT2D eigenvalue weighted by Crippen LogP contribution is -2.37. The van der Waals surface area contributed by atoms with Gasteiger partial charge in [0.1, 0.15) is 23.9 Å². The number of ether oxygens (including phenoxy) is 2. The fourth-order valence-electron chi connectivity index (χ4n) is 4.66. The first-order chi connectivity index (χ1) is 19.8. The van der Waals surface area contributed by atoms with E-state index >= 15 is 0 Å². The smallest absolute Gasteiger partial charge is 0.395 e. The Balaban J connectivity index is 1.78. The fraction of sp³-hybridized carbons (Fsp3) is 0.357. The van der Waals surface area contributed by atoms with Gasteiger partial charge in [-0.05, 0) is 42.7 Å². The minimum absolute atomic E-state index is 0.0188. The zero-order valence-corrected chi connectivity index (χ0v) is 23.7. The number of aromatic nitrogens is 2. The molecule has 224 valence electrons. The standard InChI is InChI=1S/C28H29ClF3N5O5/c1-15(41-3)8-22(26(39)35-19-6-7-36(24(33)11-19)27(40)34-2)37-13-23-21(12-25(37)38)20-10-18(29)5-4-16(20)9-17(14-42-23)28(30,31)32/h4-7,10-13,15,17,22,33H,8-9,14H2,1-3H3,(H,34,40)(H,35,39)/t15-,17+,22-/m0/s1. The van der Waals surface area contributed by atoms with E-state index in [-0.39, 0.29) is 40.4 Å². The summed E-state index contributed by atoms with van der Waals surface area (Å²) in [6, 6.07) is 6.63. The number of nitrogens with zero attached hydrogens (tertiary/aromatic N) is 2. The highest BCUT2D eigenvalue weighted by molar-refractivity contribution is 6.30. The van der Waals surface area contributed by atoms with Crippen LogP contribution in [-0.4, -0.2) is 54.1 Å². The summed E-state index contributed by atoms with van der Waals surface area (Å²) in [5, 5.41) is 13.4. The summed E-state index contributed by atoms with van der Waals surface area (Å²) in [5.41, 5.74) is 0.318. The molecule has 3 heterocycles. The van der Waals surface area contributed by atoms with E-state index in [2.05, 4.69) is 10.6 Å². The molecule has 0 bridgehead atoms. The number of anilines is 1. The van der Waals surface area contributed by atoms with E-state index in [1.807, 2.05) is 0 Å². The van der Waals surface area contributed by atoms with E-state index in [1.165, 1.54) is 62.9 Å². The van der Waals surface area contributed by atoms with Crippen LogP contribution < -0.4 is 26.4 Å². The van der Waals surface area contributed by atoms with E-state index in [0.29, 0.717) is 11.1 Å². The van der Waals surface area contributed by atoms with Crippen molar-refractivity contribution in [3.05, 3.63) is 75.2 Å². The van der Waals surface area contributed by atoms with Gasteiger partial charge in [0.05, 0.1) is 18.2 Å². The molecule has 0 aliphatic carbocycles. The minimum Gasteiger partial charge on any atom is -0.491 e. The summed E-state index contributed by atoms with van der Waals surface area (Å²) in [5.74, 6) is -2.48. The van der Waals surface area contributed by atoms with Crippen LogP contribution in [0.4, 0.5) is 23.7 Å². The van der Waals surface area contributed by atoms with Crippen LogP contribution in [0.1, 0.15) is 24.9 Å². The van der Waals surface area contributed by atoms with Gasteiger partial charge in [0.2, 0.25) is 5.91 Å². The third-order valence-corrected chi connectivity index (χ3v) is 7.26. The molecular weight excluding hydrogens is 579 g/mol. The predicted molar refractivity (Wildman–Crippen MR) is 149 cm³/mol. The zero-order chi connectivity index (χ0) is 30.8. The predicted octanol–water partition coefficient (Wildman–Crippen LogP) is 4.36. The zero-order valence-electron chi connectivity index (χ0n) is 22.9. The van der Waals surface area contributed by atoms with Crippen LogP contribution >= 0.6 is 11.6 Å². The molecule has 4 rings (SSSR count). The maximum Gasteiger partial charge on any atom is 0.395 e. The Kier molecular flexibility index (Phi) is 9.12. The third-order valence-electron chi connectivity index (χ3n) is 7.03. The minimum atomic E-state index is -4.54. The molecule has 1 aromatic carbocycles. The molecule has 14 heteroatoms. The number of nitrogens with one attached hydrogen (secondary N) is 3. The second-order valence-electron chi connectivity index (χ2n) is 9.86. The van der Waals surface area contributed by atoms with Crippen LogP contribution in [0.3, 0.4) is 0 Å². The van der Waals surface area contributed by atoms with Crippen molar-refractivity contribution in [3.63, 3.8) is 0 Å². The lowest BCUT2D eigenvalue weighted by Gasteiger charge is -2.28. The molecule has 1 aliphatic rings. The largest absolute Gasteiger partial charge is 0.491 e. The van der Waals surface area contributed by atoms with E-state index in [4.69, 9.17) is 26.5 Å². The van der Waals surface area contributed by atoms with Crippen LogP contribution in [0.25, 0.3) is 11.1 Å². The second-order valence-corrected chi connectivity index (χ2v) is 10.3. The Morgan fingerprint density at radius 1 is 1.21 bits per heavy atom. The molecule has 1 aliphatic heterocycles. The number of benzene rings is 1. The lowest BCUT2D eigenvalue weighted by atomic mass is 9.91. The van der Waals surface area contributed by atoms with Gasteiger partial charge in [-0.3, -0.25) is 24.1 Å². The number of halogens is 4. The SMILES string of the molecule is CNC(=O)n1ccc(NC(=O)[C@H](C[C@H](C)OC)n2cc3c(cc2=O)-c2cc(Cl)ccc2C[C@@H](C(F)(F)F)CO3)cc1=N. The van der Waals surface area contributed by atoms with Crippen LogP contribution in [0.15, 0.2) is 53.6 Å². The van der Waals surface area contributed by atoms with Crippen molar-refractivity contribution < 1.29 is 32.2 Å². The number of hydrogen-bond acceptors (Lipinski definition) is 6. The van der Waals surface area contributed by atoms with E-state index in [0.717, 1.165) is 9.13 Å². The number of alkyl halides is 3. The van der Waals surface area contributed by atoms with Crippen molar-refractivity contribution in [1.29, 1.82) is 5.41 Å². The molecule has 0 saturated carbocycles. The molecule has 0 radical (unpaired) electrons. The summed E-state index contributed by atoms with van der Waals surface area (Å²) < 4.78 is 54.6. The van der Waals surface area contributed by atoms with Gasteiger partial charge in [0.15, 0.2) is 0 Å². The van der Waals surface area contributed by atoms with Crippen molar-refractivity contribution >= 4 is 29.2 Å². The van der Waals surface area contributed by atoms with Crippen molar-refractivity contribution in [2.45, 2.75) is 38.1 Å². The molecule has 0 fully saturated rings. The van der Waals surface area contributed by atoms with E-state index < -0.39 is 48.3 Å². The maximum absolute atomic E-state index is 13.8. The molecule has 42 heavy (non-hydrogen) atoms. The van der Waals surface area contributed by atoms with Crippen LogP contribution in [-0.2, 0) is 16.0 Å². The fourth-order valence-corrected chi connectivity index (χ4v) is 4.83. The highest BCUT2D eigenvalue weighted by Crippen LogP contribution is 2.40. The summed E-state index contributed by atoms with van der Waals surface area (Å²) in [7, 11) is 2.84. The number of carbonyl (C=O) groups excluding carboxylic acids is 2. The van der Waals surface area contributed by atoms with Crippen LogP contribution in [0, 0.1) is 11.3 Å². The lowest BCUT2D eigenvalue weighted by molar-refractivity contribution is -0.181. The van der Waals surface area contributed by atoms with Gasteiger partial charge in [0.25, 0.3) is 5.56 Å². The highest BCUT2D eigenvalue weighted by Gasteiger charge is 2.41. The van der Waals surface area contributed by atoms with Crippen LogP contribution in [0.5, 0.6) is 5.75 Å². The number of rotatable bonds is 6. The van der Waals surface area contributed by atoms with Crippen molar-refractivity contribution in [2.75, 3.05) is 26.1 Å². The van der Waals surface area contributed by atoms with Gasteiger partial charge < -0.3 is 20.1 Å². The summed E-state index contributed by atoms with van der Waals surface area (Å²) in [4.78, 5) is 38.9. The molecule has 0 saturated heterocycles. The Hall–Kier alpha value is -4.10. The first-order valence-corrected chi connectivity index (χ1v) is 13.3. The average Bonchev–Trinajstić information content (AvgIpc) is 2.93. The number of fused-ring (bicyclic) bond motifs is 3. The van der Waals surface area contributed by atoms with Gasteiger partial charge in [-0.25, -0.2) is 4.79 Å². The molecule has 3 N–H and O–H groups in total. The van der Waals surface area contributed by atoms with Gasteiger partial charge in [-0.15, -0.1) is 0 Å². The molecular formula is C28H29ClF3N5O5. The Bertz CT molecular complexity index is 1620. The van der Waals surface area contributed by atoms with E-state index in [9.17, 15) is 27.6 Å². The quantitative estimate of drug-likeness (QED) is 0.384. The van der Waals surface area contributed by atoms with Gasteiger partial charge in [-0.2, -0.15) is 13.2 Å². The summed E-state index contributed by atoms with van der Waals surface area (Å²) in [6.07, 6.45) is -2.84. The number of amides is 2. The topological polar surface area (TPSA) is 127 Å². The number of pyridine rings is 2. The van der Waals surface area contributed by atoms with Crippen molar-refractivity contribution in [1.82, 2.24) is 14.5 Å². The Morgan fingerprint density at radius 2 is 1.95 bits per heavy atom.